The SMILES string of the molecule is CC.CSc1ccc(C#N)cc1. The van der Waals surface area contributed by atoms with Gasteiger partial charge in [0, 0.05) is 4.90 Å². The summed E-state index contributed by atoms with van der Waals surface area (Å²) in [5.41, 5.74) is 0.720. The van der Waals surface area contributed by atoms with Crippen LogP contribution in [0, 0.1) is 11.3 Å². The van der Waals surface area contributed by atoms with Gasteiger partial charge in [0.05, 0.1) is 11.6 Å². The van der Waals surface area contributed by atoms with Crippen LogP contribution in [0.1, 0.15) is 19.4 Å². The molecule has 0 radical (unpaired) electrons. The number of benzene rings is 1. The van der Waals surface area contributed by atoms with Crippen LogP contribution in [-0.4, -0.2) is 6.26 Å². The Bertz CT molecular complexity index is 246. The van der Waals surface area contributed by atoms with Crippen LogP contribution in [0.25, 0.3) is 0 Å². The summed E-state index contributed by atoms with van der Waals surface area (Å²) in [5, 5.41) is 8.44. The molecule has 0 N–H and O–H groups in total. The molecule has 1 aromatic carbocycles. The van der Waals surface area contributed by atoms with Crippen LogP contribution in [0.2, 0.25) is 0 Å². The van der Waals surface area contributed by atoms with Crippen LogP contribution < -0.4 is 0 Å². The van der Waals surface area contributed by atoms with Gasteiger partial charge in [-0.2, -0.15) is 5.26 Å². The van der Waals surface area contributed by atoms with Crippen LogP contribution in [-0.2, 0) is 0 Å². The Labute approximate surface area is 78.4 Å². The van der Waals surface area contributed by atoms with Gasteiger partial charge in [0.1, 0.15) is 0 Å². The molecule has 0 bridgehead atoms. The van der Waals surface area contributed by atoms with Crippen molar-refractivity contribution in [2.24, 2.45) is 0 Å². The standard InChI is InChI=1S/C8H7NS.C2H6/c1-10-8-4-2-7(6-9)3-5-8;1-2/h2-5H,1H3;1-2H3. The minimum absolute atomic E-state index is 0.720. The summed E-state index contributed by atoms with van der Waals surface area (Å²) in [7, 11) is 0. The second kappa shape index (κ2) is 6.75. The smallest absolute Gasteiger partial charge is 0.0991 e. The molecule has 1 aromatic rings. The topological polar surface area (TPSA) is 23.8 Å². The van der Waals surface area contributed by atoms with E-state index < -0.39 is 0 Å². The highest BCUT2D eigenvalue weighted by molar-refractivity contribution is 7.98. The molecule has 0 unspecified atom stereocenters. The van der Waals surface area contributed by atoms with Gasteiger partial charge in [0.25, 0.3) is 0 Å². The summed E-state index contributed by atoms with van der Waals surface area (Å²) in [4.78, 5) is 1.19. The van der Waals surface area contributed by atoms with Gasteiger partial charge in [-0.3, -0.25) is 0 Å². The molecule has 12 heavy (non-hydrogen) atoms. The van der Waals surface area contributed by atoms with E-state index in [0.29, 0.717) is 0 Å². The van der Waals surface area contributed by atoms with E-state index in [1.807, 2.05) is 44.4 Å². The first-order valence-electron chi connectivity index (χ1n) is 3.91. The van der Waals surface area contributed by atoms with Gasteiger partial charge < -0.3 is 0 Å². The zero-order valence-electron chi connectivity index (χ0n) is 7.66. The third kappa shape index (κ3) is 3.45. The fourth-order valence-corrected chi connectivity index (χ4v) is 1.07. The Hall–Kier alpha value is -0.940. The Morgan fingerprint density at radius 1 is 1.17 bits per heavy atom. The van der Waals surface area contributed by atoms with Crippen molar-refractivity contribution in [1.82, 2.24) is 0 Å². The lowest BCUT2D eigenvalue weighted by Crippen LogP contribution is -1.72. The quantitative estimate of drug-likeness (QED) is 0.617. The van der Waals surface area contributed by atoms with E-state index in [9.17, 15) is 0 Å². The van der Waals surface area contributed by atoms with E-state index in [1.165, 1.54) is 4.90 Å². The van der Waals surface area contributed by atoms with Crippen molar-refractivity contribution in [1.29, 1.82) is 5.26 Å². The molecule has 0 aliphatic rings. The third-order valence-corrected chi connectivity index (χ3v) is 1.96. The highest BCUT2D eigenvalue weighted by Gasteiger charge is 1.89. The van der Waals surface area contributed by atoms with Crippen LogP contribution in [0.4, 0.5) is 0 Å². The Morgan fingerprint density at radius 2 is 1.67 bits per heavy atom. The van der Waals surface area contributed by atoms with Crippen molar-refractivity contribution >= 4 is 11.8 Å². The first kappa shape index (κ1) is 11.1. The highest BCUT2D eigenvalue weighted by Crippen LogP contribution is 2.13. The van der Waals surface area contributed by atoms with Crippen molar-refractivity contribution in [2.45, 2.75) is 18.7 Å². The van der Waals surface area contributed by atoms with E-state index in [0.717, 1.165) is 5.56 Å². The Balaban J connectivity index is 0.000000561. The van der Waals surface area contributed by atoms with Gasteiger partial charge in [-0.05, 0) is 30.5 Å². The van der Waals surface area contributed by atoms with Gasteiger partial charge in [-0.15, -0.1) is 11.8 Å². The van der Waals surface area contributed by atoms with E-state index in [4.69, 9.17) is 5.26 Å². The lowest BCUT2D eigenvalue weighted by atomic mass is 10.2. The molecule has 0 saturated heterocycles. The molecular weight excluding hydrogens is 166 g/mol. The third-order valence-electron chi connectivity index (χ3n) is 1.22. The minimum atomic E-state index is 0.720. The van der Waals surface area contributed by atoms with Crippen LogP contribution in [0.15, 0.2) is 29.2 Å². The Morgan fingerprint density at radius 3 is 2.00 bits per heavy atom. The molecule has 64 valence electrons. The zero-order valence-corrected chi connectivity index (χ0v) is 8.48. The van der Waals surface area contributed by atoms with Crippen molar-refractivity contribution in [2.75, 3.05) is 6.26 Å². The summed E-state index contributed by atoms with van der Waals surface area (Å²) >= 11 is 1.68. The molecule has 0 fully saturated rings. The number of rotatable bonds is 1. The molecule has 0 aliphatic heterocycles. The van der Waals surface area contributed by atoms with Gasteiger partial charge in [0.2, 0.25) is 0 Å². The molecule has 0 aliphatic carbocycles. The second-order valence-electron chi connectivity index (χ2n) is 1.84. The second-order valence-corrected chi connectivity index (χ2v) is 2.72. The van der Waals surface area contributed by atoms with Crippen LogP contribution in [0.3, 0.4) is 0 Å². The normalized spacial score (nSPS) is 7.83. The largest absolute Gasteiger partial charge is 0.192 e. The maximum absolute atomic E-state index is 8.44. The predicted octanol–water partition coefficient (Wildman–Crippen LogP) is 3.31. The van der Waals surface area contributed by atoms with Crippen LogP contribution in [0.5, 0.6) is 0 Å². The summed E-state index contributed by atoms with van der Waals surface area (Å²) in [5.74, 6) is 0. The monoisotopic (exact) mass is 179 g/mol. The van der Waals surface area contributed by atoms with Gasteiger partial charge in [-0.25, -0.2) is 0 Å². The molecule has 0 saturated carbocycles. The Kier molecular flexibility index (Phi) is 6.22. The molecule has 0 amide bonds. The van der Waals surface area contributed by atoms with Gasteiger partial charge >= 0.3 is 0 Å². The molecule has 1 nitrogen and oxygen atoms in total. The number of hydrogen-bond acceptors (Lipinski definition) is 2. The summed E-state index contributed by atoms with van der Waals surface area (Å²) in [6.45, 7) is 4.00. The van der Waals surface area contributed by atoms with Crippen molar-refractivity contribution in [3.63, 3.8) is 0 Å². The summed E-state index contributed by atoms with van der Waals surface area (Å²) < 4.78 is 0. The average Bonchev–Trinajstić information content (AvgIpc) is 2.21. The number of hydrogen-bond donors (Lipinski definition) is 0. The first-order chi connectivity index (χ1) is 5.86. The minimum Gasteiger partial charge on any atom is -0.192 e. The van der Waals surface area contributed by atoms with Crippen molar-refractivity contribution in [3.8, 4) is 6.07 Å². The lowest BCUT2D eigenvalue weighted by Gasteiger charge is -1.92. The lowest BCUT2D eigenvalue weighted by molar-refractivity contribution is 1.42. The van der Waals surface area contributed by atoms with E-state index in [-0.39, 0.29) is 0 Å². The van der Waals surface area contributed by atoms with Gasteiger partial charge in [0.15, 0.2) is 0 Å². The zero-order chi connectivity index (χ0) is 9.40. The molecule has 0 aromatic heterocycles. The predicted molar refractivity (Wildman–Crippen MR) is 54.3 cm³/mol. The van der Waals surface area contributed by atoms with E-state index in [2.05, 4.69) is 6.07 Å². The molecule has 0 spiro atoms. The fraction of sp³-hybridized carbons (Fsp3) is 0.300. The molecule has 2 heteroatoms. The average molecular weight is 179 g/mol. The van der Waals surface area contributed by atoms with Crippen molar-refractivity contribution in [3.05, 3.63) is 29.8 Å². The molecule has 0 atom stereocenters. The fourth-order valence-electron chi connectivity index (χ4n) is 0.666. The summed E-state index contributed by atoms with van der Waals surface area (Å²) in [6, 6.07) is 9.61. The maximum Gasteiger partial charge on any atom is 0.0991 e. The number of nitrogens with zero attached hydrogens (tertiary/aromatic N) is 1. The number of nitriles is 1. The molecular formula is C10H13NS. The highest BCUT2D eigenvalue weighted by atomic mass is 32.2. The first-order valence-corrected chi connectivity index (χ1v) is 5.13. The van der Waals surface area contributed by atoms with Gasteiger partial charge in [-0.1, -0.05) is 13.8 Å². The van der Waals surface area contributed by atoms with E-state index in [1.54, 1.807) is 11.8 Å². The number of thioether (sulfide) groups is 1. The maximum atomic E-state index is 8.44. The molecule has 1 rings (SSSR count). The van der Waals surface area contributed by atoms with Crippen molar-refractivity contribution < 1.29 is 0 Å². The van der Waals surface area contributed by atoms with Crippen LogP contribution >= 0.6 is 11.8 Å². The molecule has 0 heterocycles. The van der Waals surface area contributed by atoms with E-state index >= 15 is 0 Å². The summed E-state index contributed by atoms with van der Waals surface area (Å²) in [6.07, 6.45) is 2.02.